The molecule has 7 nitrogen and oxygen atoms in total. The summed E-state index contributed by atoms with van der Waals surface area (Å²) < 4.78 is 0. The van der Waals surface area contributed by atoms with E-state index in [1.54, 1.807) is 23.5 Å². The van der Waals surface area contributed by atoms with E-state index in [4.69, 9.17) is 0 Å². The van der Waals surface area contributed by atoms with Crippen molar-refractivity contribution in [2.24, 2.45) is 5.92 Å². The number of piperazine rings is 1. The molecule has 1 atom stereocenters. The molecule has 2 aliphatic heterocycles. The number of aryl methyl sites for hydroxylation is 2. The Morgan fingerprint density at radius 1 is 1.03 bits per heavy atom. The van der Waals surface area contributed by atoms with Gasteiger partial charge in [-0.25, -0.2) is 4.98 Å². The fraction of sp³-hybridized carbons (Fsp3) is 0.455. The highest BCUT2D eigenvalue weighted by Crippen LogP contribution is 2.31. The molecule has 150 valence electrons. The monoisotopic (exact) mass is 391 g/mol. The van der Waals surface area contributed by atoms with Crippen molar-refractivity contribution in [2.75, 3.05) is 42.5 Å². The SMILES string of the molecule is O=C(C1CC(=O)N(c2ccc3c(c2)CCC3)C1)N1CCN(c2cnccn2)CC1. The Morgan fingerprint density at radius 2 is 1.86 bits per heavy atom. The summed E-state index contributed by atoms with van der Waals surface area (Å²) in [5.41, 5.74) is 3.69. The maximum Gasteiger partial charge on any atom is 0.228 e. The first-order chi connectivity index (χ1) is 14.2. The zero-order valence-electron chi connectivity index (χ0n) is 16.5. The number of hydrogen-bond donors (Lipinski definition) is 0. The van der Waals surface area contributed by atoms with Gasteiger partial charge in [-0.1, -0.05) is 6.07 Å². The topological polar surface area (TPSA) is 69.6 Å². The Hall–Kier alpha value is -2.96. The Morgan fingerprint density at radius 3 is 2.66 bits per heavy atom. The molecule has 5 rings (SSSR count). The average molecular weight is 391 g/mol. The van der Waals surface area contributed by atoms with Gasteiger partial charge in [-0.3, -0.25) is 14.6 Å². The van der Waals surface area contributed by atoms with E-state index in [2.05, 4.69) is 27.0 Å². The first-order valence-electron chi connectivity index (χ1n) is 10.4. The summed E-state index contributed by atoms with van der Waals surface area (Å²) >= 11 is 0. The van der Waals surface area contributed by atoms with Gasteiger partial charge in [-0.2, -0.15) is 0 Å². The van der Waals surface area contributed by atoms with Gasteiger partial charge in [0.25, 0.3) is 0 Å². The summed E-state index contributed by atoms with van der Waals surface area (Å²) in [4.78, 5) is 40.0. The van der Waals surface area contributed by atoms with Crippen LogP contribution in [0.1, 0.15) is 24.0 Å². The summed E-state index contributed by atoms with van der Waals surface area (Å²) in [6, 6.07) is 6.33. The van der Waals surface area contributed by atoms with Crippen LogP contribution in [0, 0.1) is 5.92 Å². The fourth-order valence-electron chi connectivity index (χ4n) is 4.72. The number of anilines is 2. The molecule has 2 saturated heterocycles. The number of aromatic nitrogens is 2. The zero-order valence-corrected chi connectivity index (χ0v) is 16.5. The van der Waals surface area contributed by atoms with Gasteiger partial charge in [0, 0.05) is 57.2 Å². The van der Waals surface area contributed by atoms with Gasteiger partial charge in [-0.05, 0) is 42.5 Å². The number of hydrogen-bond acceptors (Lipinski definition) is 5. The van der Waals surface area contributed by atoms with E-state index in [1.807, 2.05) is 11.0 Å². The van der Waals surface area contributed by atoms with Gasteiger partial charge in [-0.15, -0.1) is 0 Å². The maximum atomic E-state index is 13.1. The third-order valence-corrected chi connectivity index (χ3v) is 6.33. The van der Waals surface area contributed by atoms with Crippen LogP contribution in [0.2, 0.25) is 0 Å². The predicted octanol–water partition coefficient (Wildman–Crippen LogP) is 1.67. The third kappa shape index (κ3) is 3.45. The quantitative estimate of drug-likeness (QED) is 0.796. The molecule has 1 aromatic heterocycles. The highest BCUT2D eigenvalue weighted by atomic mass is 16.2. The second kappa shape index (κ2) is 7.46. The molecule has 2 amide bonds. The molecule has 7 heteroatoms. The van der Waals surface area contributed by atoms with Gasteiger partial charge < -0.3 is 14.7 Å². The van der Waals surface area contributed by atoms with Gasteiger partial charge >= 0.3 is 0 Å². The highest BCUT2D eigenvalue weighted by molar-refractivity contribution is 6.00. The van der Waals surface area contributed by atoms with Crippen LogP contribution in [0.5, 0.6) is 0 Å². The Bertz CT molecular complexity index is 924. The van der Waals surface area contributed by atoms with E-state index >= 15 is 0 Å². The van der Waals surface area contributed by atoms with Crippen molar-refractivity contribution in [3.05, 3.63) is 47.9 Å². The fourth-order valence-corrected chi connectivity index (χ4v) is 4.72. The van der Waals surface area contributed by atoms with Crippen LogP contribution in [-0.4, -0.2) is 59.4 Å². The van der Waals surface area contributed by atoms with E-state index in [-0.39, 0.29) is 17.7 Å². The van der Waals surface area contributed by atoms with Gasteiger partial charge in [0.1, 0.15) is 5.82 Å². The lowest BCUT2D eigenvalue weighted by atomic mass is 10.1. The summed E-state index contributed by atoms with van der Waals surface area (Å²) in [7, 11) is 0. The second-order valence-corrected chi connectivity index (χ2v) is 8.09. The van der Waals surface area contributed by atoms with Crippen LogP contribution < -0.4 is 9.80 Å². The molecule has 0 bridgehead atoms. The average Bonchev–Trinajstić information content (AvgIpc) is 3.40. The highest BCUT2D eigenvalue weighted by Gasteiger charge is 2.38. The summed E-state index contributed by atoms with van der Waals surface area (Å²) in [6.07, 6.45) is 8.81. The lowest BCUT2D eigenvalue weighted by Gasteiger charge is -2.36. The van der Waals surface area contributed by atoms with Crippen LogP contribution in [-0.2, 0) is 22.4 Å². The first kappa shape index (κ1) is 18.1. The molecule has 0 N–H and O–H groups in total. The molecule has 3 aliphatic rings. The minimum absolute atomic E-state index is 0.0551. The Kier molecular flexibility index (Phi) is 4.66. The molecule has 0 saturated carbocycles. The summed E-state index contributed by atoms with van der Waals surface area (Å²) in [5, 5.41) is 0. The normalized spacial score (nSPS) is 21.6. The molecular formula is C22H25N5O2. The predicted molar refractivity (Wildman–Crippen MR) is 110 cm³/mol. The third-order valence-electron chi connectivity index (χ3n) is 6.33. The lowest BCUT2D eigenvalue weighted by molar-refractivity contribution is -0.136. The van der Waals surface area contributed by atoms with Crippen molar-refractivity contribution in [3.8, 4) is 0 Å². The zero-order chi connectivity index (χ0) is 19.8. The smallest absolute Gasteiger partial charge is 0.228 e. The van der Waals surface area contributed by atoms with Crippen molar-refractivity contribution >= 4 is 23.3 Å². The van der Waals surface area contributed by atoms with Crippen molar-refractivity contribution in [3.63, 3.8) is 0 Å². The van der Waals surface area contributed by atoms with Crippen molar-refractivity contribution in [2.45, 2.75) is 25.7 Å². The van der Waals surface area contributed by atoms with Crippen molar-refractivity contribution < 1.29 is 9.59 Å². The molecule has 1 aliphatic carbocycles. The second-order valence-electron chi connectivity index (χ2n) is 8.09. The Balaban J connectivity index is 1.22. The first-order valence-corrected chi connectivity index (χ1v) is 10.4. The number of fused-ring (bicyclic) bond motifs is 1. The summed E-state index contributed by atoms with van der Waals surface area (Å²) in [6.45, 7) is 3.26. The Labute approximate surface area is 170 Å². The standard InChI is InChI=1S/C22H25N5O2/c28-21-13-18(15-27(21)19-5-4-16-2-1-3-17(16)12-19)22(29)26-10-8-25(9-11-26)20-14-23-6-7-24-20/h4-7,12,14,18H,1-3,8-11,13,15H2. The molecule has 2 aromatic rings. The lowest BCUT2D eigenvalue weighted by Crippen LogP contribution is -2.51. The minimum atomic E-state index is -0.251. The van der Waals surface area contributed by atoms with E-state index < -0.39 is 0 Å². The number of rotatable bonds is 3. The van der Waals surface area contributed by atoms with Crippen molar-refractivity contribution in [1.29, 1.82) is 0 Å². The van der Waals surface area contributed by atoms with Crippen LogP contribution >= 0.6 is 0 Å². The number of carbonyl (C=O) groups excluding carboxylic acids is 2. The van der Waals surface area contributed by atoms with Gasteiger partial charge in [0.05, 0.1) is 12.1 Å². The molecule has 29 heavy (non-hydrogen) atoms. The van der Waals surface area contributed by atoms with E-state index in [0.29, 0.717) is 26.1 Å². The molecule has 1 unspecified atom stereocenters. The molecule has 1 aromatic carbocycles. The van der Waals surface area contributed by atoms with E-state index in [9.17, 15) is 9.59 Å². The number of nitrogens with zero attached hydrogens (tertiary/aromatic N) is 5. The minimum Gasteiger partial charge on any atom is -0.352 e. The molecule has 2 fully saturated rings. The molecule has 0 radical (unpaired) electrons. The number of benzene rings is 1. The maximum absolute atomic E-state index is 13.1. The van der Waals surface area contributed by atoms with E-state index in [0.717, 1.165) is 37.4 Å². The van der Waals surface area contributed by atoms with Crippen LogP contribution in [0.25, 0.3) is 0 Å². The molecule has 3 heterocycles. The van der Waals surface area contributed by atoms with Crippen LogP contribution in [0.4, 0.5) is 11.5 Å². The van der Waals surface area contributed by atoms with E-state index in [1.165, 1.54) is 17.5 Å². The number of amides is 2. The summed E-state index contributed by atoms with van der Waals surface area (Å²) in [5.74, 6) is 0.748. The molecular weight excluding hydrogens is 366 g/mol. The van der Waals surface area contributed by atoms with Crippen LogP contribution in [0.15, 0.2) is 36.8 Å². The van der Waals surface area contributed by atoms with Gasteiger partial charge in [0.2, 0.25) is 11.8 Å². The number of carbonyl (C=O) groups is 2. The van der Waals surface area contributed by atoms with Crippen LogP contribution in [0.3, 0.4) is 0 Å². The molecule has 0 spiro atoms. The van der Waals surface area contributed by atoms with Gasteiger partial charge in [0.15, 0.2) is 0 Å². The van der Waals surface area contributed by atoms with Crippen molar-refractivity contribution in [1.82, 2.24) is 14.9 Å². The largest absolute Gasteiger partial charge is 0.352 e.